The Bertz CT molecular complexity index is 1500. The van der Waals surface area contributed by atoms with Crippen LogP contribution in [0.15, 0.2) is 90.4 Å². The lowest BCUT2D eigenvalue weighted by atomic mass is 9.99. The Morgan fingerprint density at radius 2 is 1.64 bits per heavy atom. The van der Waals surface area contributed by atoms with E-state index < -0.39 is 0 Å². The molecule has 0 spiro atoms. The van der Waals surface area contributed by atoms with Gasteiger partial charge in [-0.2, -0.15) is 0 Å². The standard InChI is InChI=1S/C29H27N5OS/c35-28(24-11-5-4-10-23(24)21-8-2-1-3-9-21)31-26-13-7-6-12-25(26)27-19-34-22(20-36-29(34)32-27)18-33-16-14-30-15-17-33/h1-13,19-20,30H,14-18H2,(H,31,35). The number of fused-ring (bicyclic) bond motifs is 1. The van der Waals surface area contributed by atoms with Gasteiger partial charge in [-0.1, -0.05) is 66.7 Å². The molecule has 180 valence electrons. The predicted octanol–water partition coefficient (Wildman–Crippen LogP) is 5.39. The molecule has 0 radical (unpaired) electrons. The summed E-state index contributed by atoms with van der Waals surface area (Å²) in [6, 6.07) is 25.6. The van der Waals surface area contributed by atoms with Gasteiger partial charge in [-0.15, -0.1) is 11.3 Å². The van der Waals surface area contributed by atoms with Crippen LogP contribution in [0, 0.1) is 0 Å². The number of hydrogen-bond acceptors (Lipinski definition) is 5. The van der Waals surface area contributed by atoms with Gasteiger partial charge in [-0.25, -0.2) is 4.98 Å². The summed E-state index contributed by atoms with van der Waals surface area (Å²) in [5.74, 6) is -0.137. The van der Waals surface area contributed by atoms with E-state index in [9.17, 15) is 4.79 Å². The fourth-order valence-corrected chi connectivity index (χ4v) is 5.59. The molecule has 2 N–H and O–H groups in total. The smallest absolute Gasteiger partial charge is 0.256 e. The Morgan fingerprint density at radius 3 is 2.47 bits per heavy atom. The number of nitrogens with zero attached hydrogens (tertiary/aromatic N) is 3. The van der Waals surface area contributed by atoms with Gasteiger partial charge in [0.15, 0.2) is 4.96 Å². The molecule has 2 aromatic heterocycles. The fourth-order valence-electron chi connectivity index (χ4n) is 4.73. The van der Waals surface area contributed by atoms with E-state index in [2.05, 4.69) is 31.5 Å². The average molecular weight is 494 g/mol. The van der Waals surface area contributed by atoms with Crippen LogP contribution in [0.4, 0.5) is 5.69 Å². The van der Waals surface area contributed by atoms with E-state index in [4.69, 9.17) is 4.98 Å². The van der Waals surface area contributed by atoms with Crippen LogP contribution >= 0.6 is 11.3 Å². The second kappa shape index (κ2) is 10.1. The number of hydrogen-bond donors (Lipinski definition) is 2. The van der Waals surface area contributed by atoms with Gasteiger partial charge in [0, 0.05) is 61.1 Å². The molecule has 1 saturated heterocycles. The number of para-hydroxylation sites is 1. The van der Waals surface area contributed by atoms with Gasteiger partial charge in [0.2, 0.25) is 0 Å². The van der Waals surface area contributed by atoms with E-state index in [0.29, 0.717) is 5.56 Å². The topological polar surface area (TPSA) is 61.7 Å². The van der Waals surface area contributed by atoms with Crippen molar-refractivity contribution in [3.63, 3.8) is 0 Å². The zero-order valence-corrected chi connectivity index (χ0v) is 20.7. The zero-order valence-electron chi connectivity index (χ0n) is 19.9. The van der Waals surface area contributed by atoms with Crippen molar-refractivity contribution in [2.75, 3.05) is 31.5 Å². The molecule has 7 heteroatoms. The first-order valence-corrected chi connectivity index (χ1v) is 13.1. The maximum absolute atomic E-state index is 13.4. The fraction of sp³-hybridized carbons (Fsp3) is 0.172. The van der Waals surface area contributed by atoms with Crippen LogP contribution < -0.4 is 10.6 Å². The lowest BCUT2D eigenvalue weighted by molar-refractivity contribution is 0.102. The SMILES string of the molecule is O=C(Nc1ccccc1-c1cn2c(CN3CCNCC3)csc2n1)c1ccccc1-c1ccccc1. The number of thiazole rings is 1. The number of nitrogens with one attached hydrogen (secondary N) is 2. The van der Waals surface area contributed by atoms with E-state index in [1.165, 1.54) is 5.69 Å². The number of anilines is 1. The number of aromatic nitrogens is 2. The van der Waals surface area contributed by atoms with Gasteiger partial charge in [-0.3, -0.25) is 14.1 Å². The molecule has 0 atom stereocenters. The number of carbonyl (C=O) groups excluding carboxylic acids is 1. The molecule has 1 aliphatic rings. The summed E-state index contributed by atoms with van der Waals surface area (Å²) < 4.78 is 2.19. The van der Waals surface area contributed by atoms with Crippen LogP contribution in [0.2, 0.25) is 0 Å². The maximum Gasteiger partial charge on any atom is 0.256 e. The number of piperazine rings is 1. The molecular formula is C29H27N5OS. The van der Waals surface area contributed by atoms with Crippen LogP contribution in [-0.4, -0.2) is 46.4 Å². The third-order valence-corrected chi connectivity index (χ3v) is 7.48. The molecule has 0 aliphatic carbocycles. The van der Waals surface area contributed by atoms with E-state index in [-0.39, 0.29) is 5.91 Å². The molecule has 1 fully saturated rings. The van der Waals surface area contributed by atoms with Crippen molar-refractivity contribution in [3.8, 4) is 22.4 Å². The van der Waals surface area contributed by atoms with Crippen molar-refractivity contribution in [1.82, 2.24) is 19.6 Å². The highest BCUT2D eigenvalue weighted by atomic mass is 32.1. The van der Waals surface area contributed by atoms with Gasteiger partial charge in [0.1, 0.15) is 0 Å². The lowest BCUT2D eigenvalue weighted by Gasteiger charge is -2.26. The number of amides is 1. The van der Waals surface area contributed by atoms with E-state index >= 15 is 0 Å². The van der Waals surface area contributed by atoms with Crippen molar-refractivity contribution in [2.24, 2.45) is 0 Å². The molecule has 5 aromatic rings. The molecule has 1 aliphatic heterocycles. The summed E-state index contributed by atoms with van der Waals surface area (Å²) in [6.07, 6.45) is 2.09. The second-order valence-electron chi connectivity index (χ2n) is 8.94. The predicted molar refractivity (Wildman–Crippen MR) is 146 cm³/mol. The number of rotatable bonds is 6. The van der Waals surface area contributed by atoms with Crippen LogP contribution in [-0.2, 0) is 6.54 Å². The summed E-state index contributed by atoms with van der Waals surface area (Å²) in [5.41, 5.74) is 6.33. The second-order valence-corrected chi connectivity index (χ2v) is 9.78. The Hall–Kier alpha value is -3.78. The summed E-state index contributed by atoms with van der Waals surface area (Å²) in [4.78, 5) is 21.8. The van der Waals surface area contributed by atoms with Gasteiger partial charge in [-0.05, 0) is 23.3 Å². The minimum atomic E-state index is -0.137. The first kappa shape index (κ1) is 22.7. The van der Waals surface area contributed by atoms with Gasteiger partial charge in [0.25, 0.3) is 5.91 Å². The van der Waals surface area contributed by atoms with Crippen molar-refractivity contribution in [1.29, 1.82) is 0 Å². The number of carbonyl (C=O) groups is 1. The Morgan fingerprint density at radius 1 is 0.917 bits per heavy atom. The third-order valence-electron chi connectivity index (χ3n) is 6.59. The van der Waals surface area contributed by atoms with Gasteiger partial charge < -0.3 is 10.6 Å². The highest BCUT2D eigenvalue weighted by molar-refractivity contribution is 7.15. The highest BCUT2D eigenvalue weighted by Crippen LogP contribution is 2.31. The molecule has 0 unspecified atom stereocenters. The van der Waals surface area contributed by atoms with Crippen molar-refractivity contribution < 1.29 is 4.79 Å². The Kier molecular flexibility index (Phi) is 6.34. The zero-order chi connectivity index (χ0) is 24.3. The summed E-state index contributed by atoms with van der Waals surface area (Å²) >= 11 is 1.66. The normalized spacial score (nSPS) is 14.2. The van der Waals surface area contributed by atoms with Crippen LogP contribution in [0.3, 0.4) is 0 Å². The molecule has 0 bridgehead atoms. The number of benzene rings is 3. The molecule has 3 aromatic carbocycles. The summed E-state index contributed by atoms with van der Waals surface area (Å²) in [7, 11) is 0. The van der Waals surface area contributed by atoms with E-state index in [1.54, 1.807) is 11.3 Å². The van der Waals surface area contributed by atoms with E-state index in [0.717, 1.165) is 65.8 Å². The largest absolute Gasteiger partial charge is 0.321 e. The van der Waals surface area contributed by atoms with E-state index in [1.807, 2.05) is 78.9 Å². The van der Waals surface area contributed by atoms with Crippen molar-refractivity contribution in [3.05, 3.63) is 102 Å². The van der Waals surface area contributed by atoms with Crippen molar-refractivity contribution in [2.45, 2.75) is 6.54 Å². The van der Waals surface area contributed by atoms with Crippen LogP contribution in [0.5, 0.6) is 0 Å². The molecule has 6 nitrogen and oxygen atoms in total. The average Bonchev–Trinajstić information content (AvgIpc) is 3.52. The molecule has 1 amide bonds. The van der Waals surface area contributed by atoms with Crippen LogP contribution in [0.1, 0.15) is 16.1 Å². The minimum Gasteiger partial charge on any atom is -0.321 e. The Labute approximate surface area is 214 Å². The highest BCUT2D eigenvalue weighted by Gasteiger charge is 2.18. The Balaban J connectivity index is 1.29. The monoisotopic (exact) mass is 493 g/mol. The van der Waals surface area contributed by atoms with Crippen molar-refractivity contribution >= 4 is 27.9 Å². The number of imidazole rings is 1. The molecular weight excluding hydrogens is 466 g/mol. The van der Waals surface area contributed by atoms with Gasteiger partial charge in [0.05, 0.1) is 11.4 Å². The first-order chi connectivity index (χ1) is 17.8. The lowest BCUT2D eigenvalue weighted by Crippen LogP contribution is -2.43. The molecule has 3 heterocycles. The van der Waals surface area contributed by atoms with Crippen LogP contribution in [0.25, 0.3) is 27.3 Å². The molecule has 36 heavy (non-hydrogen) atoms. The summed E-state index contributed by atoms with van der Waals surface area (Å²) in [5, 5.41) is 8.76. The third kappa shape index (κ3) is 4.56. The molecule has 6 rings (SSSR count). The maximum atomic E-state index is 13.4. The quantitative estimate of drug-likeness (QED) is 0.333. The summed E-state index contributed by atoms with van der Waals surface area (Å²) in [6.45, 7) is 5.08. The van der Waals surface area contributed by atoms with Gasteiger partial charge >= 0.3 is 0 Å². The molecule has 0 saturated carbocycles. The minimum absolute atomic E-state index is 0.137. The first-order valence-electron chi connectivity index (χ1n) is 12.2.